The van der Waals surface area contributed by atoms with Gasteiger partial charge in [0.25, 0.3) is 0 Å². The van der Waals surface area contributed by atoms with Crippen LogP contribution in [0.15, 0.2) is 191 Å². The molecule has 0 aliphatic rings. The van der Waals surface area contributed by atoms with Crippen LogP contribution < -0.4 is 0 Å². The van der Waals surface area contributed by atoms with Crippen LogP contribution >= 0.6 is 0 Å². The number of benzene rings is 8. The molecule has 0 bridgehead atoms. The molecule has 8 aromatic carbocycles. The molecular formula is C51H30N4O2. The van der Waals surface area contributed by atoms with Crippen LogP contribution in [-0.4, -0.2) is 19.5 Å². The van der Waals surface area contributed by atoms with E-state index in [2.05, 4.69) is 132 Å². The Labute approximate surface area is 325 Å². The second-order valence-corrected chi connectivity index (χ2v) is 14.4. The van der Waals surface area contributed by atoms with Gasteiger partial charge in [0.15, 0.2) is 17.5 Å². The highest BCUT2D eigenvalue weighted by Crippen LogP contribution is 2.39. The van der Waals surface area contributed by atoms with Crippen molar-refractivity contribution in [1.82, 2.24) is 19.5 Å². The normalized spacial score (nSPS) is 11.9. The van der Waals surface area contributed by atoms with Crippen molar-refractivity contribution in [3.05, 3.63) is 182 Å². The molecule has 0 unspecified atom stereocenters. The molecule has 0 atom stereocenters. The first kappa shape index (κ1) is 31.5. The summed E-state index contributed by atoms with van der Waals surface area (Å²) < 4.78 is 15.1. The quantitative estimate of drug-likeness (QED) is 0.176. The van der Waals surface area contributed by atoms with Crippen molar-refractivity contribution >= 4 is 65.7 Å². The molecule has 6 nitrogen and oxygen atoms in total. The maximum Gasteiger partial charge on any atom is 0.167 e. The number of rotatable bonds is 5. The molecule has 0 radical (unpaired) electrons. The van der Waals surface area contributed by atoms with Crippen LogP contribution in [0.4, 0.5) is 0 Å². The summed E-state index contributed by atoms with van der Waals surface area (Å²) in [6, 6.07) is 62.9. The van der Waals surface area contributed by atoms with Crippen LogP contribution in [0.1, 0.15) is 0 Å². The van der Waals surface area contributed by atoms with Gasteiger partial charge in [0.05, 0.1) is 16.6 Å². The van der Waals surface area contributed by atoms with Crippen molar-refractivity contribution in [2.24, 2.45) is 0 Å². The summed E-state index contributed by atoms with van der Waals surface area (Å²) in [5.41, 5.74) is 11.3. The third-order valence-corrected chi connectivity index (χ3v) is 11.1. The summed E-state index contributed by atoms with van der Waals surface area (Å²) in [5.74, 6) is 1.62. The SMILES string of the molecule is c1ccc(-c2ccc3c4ccccc4n(-c4cccc(-c5nc(-c6ccc7c(c6)oc6ccccc67)nc(-c6cccc7c6oc6ccccc67)n5)c4)c3c2)cc1. The zero-order valence-corrected chi connectivity index (χ0v) is 30.4. The van der Waals surface area contributed by atoms with Gasteiger partial charge in [-0.15, -0.1) is 0 Å². The Kier molecular flexibility index (Phi) is 6.83. The van der Waals surface area contributed by atoms with Crippen LogP contribution in [0, 0.1) is 0 Å². The maximum absolute atomic E-state index is 6.49. The minimum Gasteiger partial charge on any atom is -0.456 e. The highest BCUT2D eigenvalue weighted by Gasteiger charge is 2.20. The number of para-hydroxylation sites is 4. The molecule has 266 valence electrons. The predicted octanol–water partition coefficient (Wildman–Crippen LogP) is 13.4. The molecule has 0 saturated carbocycles. The second kappa shape index (κ2) is 12.3. The first-order valence-electron chi connectivity index (χ1n) is 19.0. The number of furan rings is 2. The Morgan fingerprint density at radius 2 is 0.912 bits per heavy atom. The van der Waals surface area contributed by atoms with Crippen LogP contribution in [0.3, 0.4) is 0 Å². The molecule has 0 fully saturated rings. The number of hydrogen-bond acceptors (Lipinski definition) is 5. The summed E-state index contributed by atoms with van der Waals surface area (Å²) in [6.45, 7) is 0. The van der Waals surface area contributed by atoms with E-state index in [4.69, 9.17) is 23.8 Å². The molecule has 4 aromatic heterocycles. The van der Waals surface area contributed by atoms with E-state index in [9.17, 15) is 0 Å². The first-order valence-corrected chi connectivity index (χ1v) is 19.0. The molecule has 6 heteroatoms. The Morgan fingerprint density at radius 3 is 1.75 bits per heavy atom. The zero-order valence-electron chi connectivity index (χ0n) is 30.4. The van der Waals surface area contributed by atoms with Gasteiger partial charge in [-0.3, -0.25) is 0 Å². The fourth-order valence-electron chi connectivity index (χ4n) is 8.39. The summed E-state index contributed by atoms with van der Waals surface area (Å²) >= 11 is 0. The predicted molar refractivity (Wildman–Crippen MR) is 230 cm³/mol. The van der Waals surface area contributed by atoms with E-state index >= 15 is 0 Å². The summed E-state index contributed by atoms with van der Waals surface area (Å²) in [5, 5.41) is 6.57. The lowest BCUT2D eigenvalue weighted by molar-refractivity contribution is 0.668. The van der Waals surface area contributed by atoms with Gasteiger partial charge >= 0.3 is 0 Å². The van der Waals surface area contributed by atoms with E-state index < -0.39 is 0 Å². The van der Waals surface area contributed by atoms with E-state index in [1.165, 1.54) is 16.3 Å². The van der Waals surface area contributed by atoms with Crippen LogP contribution in [0.2, 0.25) is 0 Å². The Morgan fingerprint density at radius 1 is 0.333 bits per heavy atom. The van der Waals surface area contributed by atoms with Crippen molar-refractivity contribution in [2.75, 3.05) is 0 Å². The van der Waals surface area contributed by atoms with Gasteiger partial charge < -0.3 is 13.4 Å². The van der Waals surface area contributed by atoms with Crippen LogP contribution in [0.5, 0.6) is 0 Å². The lowest BCUT2D eigenvalue weighted by atomic mass is 10.0. The maximum atomic E-state index is 6.49. The number of nitrogens with zero attached hydrogens (tertiary/aromatic N) is 4. The van der Waals surface area contributed by atoms with E-state index in [1.807, 2.05) is 54.6 Å². The third kappa shape index (κ3) is 5.01. The minimum atomic E-state index is 0.527. The monoisotopic (exact) mass is 730 g/mol. The lowest BCUT2D eigenvalue weighted by Gasteiger charge is -2.12. The van der Waals surface area contributed by atoms with E-state index in [0.717, 1.165) is 82.9 Å². The molecule has 4 heterocycles. The molecule has 57 heavy (non-hydrogen) atoms. The Bertz CT molecular complexity index is 3540. The van der Waals surface area contributed by atoms with Gasteiger partial charge in [-0.05, 0) is 65.7 Å². The molecular weight excluding hydrogens is 701 g/mol. The average Bonchev–Trinajstić information content (AvgIpc) is 3.95. The van der Waals surface area contributed by atoms with Gasteiger partial charge in [-0.1, -0.05) is 127 Å². The molecule has 0 amide bonds. The molecule has 12 aromatic rings. The lowest BCUT2D eigenvalue weighted by Crippen LogP contribution is -2.01. The Hall–Kier alpha value is -7.83. The molecule has 12 rings (SSSR count). The van der Waals surface area contributed by atoms with Crippen molar-refractivity contribution in [2.45, 2.75) is 0 Å². The topological polar surface area (TPSA) is 69.9 Å². The standard InChI is InChI=1S/C51H30N4O2/c1-2-12-31(13-3-1)32-24-26-37-36-16-4-7-21-43(36)55(44(37)29-32)35-15-10-14-33(28-35)49-52-50(34-25-27-40-38-17-5-8-22-45(38)56-47(40)30-34)54-51(53-49)42-20-11-19-41-39-18-6-9-23-46(39)57-48(41)42/h1-30H. The first-order chi connectivity index (χ1) is 28.2. The highest BCUT2D eigenvalue weighted by atomic mass is 16.3. The molecule has 0 aliphatic heterocycles. The largest absolute Gasteiger partial charge is 0.456 e. The molecule has 0 N–H and O–H groups in total. The average molecular weight is 731 g/mol. The van der Waals surface area contributed by atoms with E-state index in [0.29, 0.717) is 17.5 Å². The zero-order chi connectivity index (χ0) is 37.5. The van der Waals surface area contributed by atoms with Gasteiger partial charge in [-0.2, -0.15) is 0 Å². The van der Waals surface area contributed by atoms with E-state index in [-0.39, 0.29) is 0 Å². The van der Waals surface area contributed by atoms with Gasteiger partial charge in [-0.25, -0.2) is 15.0 Å². The third-order valence-electron chi connectivity index (χ3n) is 11.1. The van der Waals surface area contributed by atoms with Crippen molar-refractivity contribution in [1.29, 1.82) is 0 Å². The van der Waals surface area contributed by atoms with Crippen molar-refractivity contribution in [3.63, 3.8) is 0 Å². The summed E-state index contributed by atoms with van der Waals surface area (Å²) in [6.07, 6.45) is 0. The highest BCUT2D eigenvalue weighted by molar-refractivity contribution is 6.11. The molecule has 0 aliphatic carbocycles. The van der Waals surface area contributed by atoms with Gasteiger partial charge in [0.2, 0.25) is 0 Å². The minimum absolute atomic E-state index is 0.527. The fourth-order valence-corrected chi connectivity index (χ4v) is 8.39. The van der Waals surface area contributed by atoms with Crippen LogP contribution in [0.25, 0.3) is 117 Å². The number of fused-ring (bicyclic) bond motifs is 9. The Balaban J connectivity index is 1.07. The number of aromatic nitrogens is 4. The van der Waals surface area contributed by atoms with Gasteiger partial charge in [0, 0.05) is 49.1 Å². The van der Waals surface area contributed by atoms with Crippen molar-refractivity contribution < 1.29 is 8.83 Å². The number of hydrogen-bond donors (Lipinski definition) is 0. The van der Waals surface area contributed by atoms with Gasteiger partial charge in [0.1, 0.15) is 22.3 Å². The second-order valence-electron chi connectivity index (χ2n) is 14.4. The van der Waals surface area contributed by atoms with Crippen LogP contribution in [-0.2, 0) is 0 Å². The molecule has 0 saturated heterocycles. The summed E-state index contributed by atoms with van der Waals surface area (Å²) in [7, 11) is 0. The smallest absolute Gasteiger partial charge is 0.167 e. The van der Waals surface area contributed by atoms with E-state index in [1.54, 1.807) is 0 Å². The fraction of sp³-hybridized carbons (Fsp3) is 0. The summed E-state index contributed by atoms with van der Waals surface area (Å²) in [4.78, 5) is 15.5. The van der Waals surface area contributed by atoms with Crippen molar-refractivity contribution in [3.8, 4) is 51.0 Å². The molecule has 0 spiro atoms.